The minimum atomic E-state index is 0.138. The van der Waals surface area contributed by atoms with E-state index in [1.54, 1.807) is 6.20 Å². The van der Waals surface area contributed by atoms with E-state index in [-0.39, 0.29) is 11.9 Å². The lowest BCUT2D eigenvalue weighted by atomic mass is 10.2. The van der Waals surface area contributed by atoms with Gasteiger partial charge in [-0.15, -0.1) is 0 Å². The molecule has 0 radical (unpaired) electrons. The van der Waals surface area contributed by atoms with Crippen LogP contribution in [0.3, 0.4) is 0 Å². The van der Waals surface area contributed by atoms with Crippen molar-refractivity contribution in [2.75, 3.05) is 10.2 Å². The molecule has 3 aromatic heterocycles. The van der Waals surface area contributed by atoms with E-state index in [4.69, 9.17) is 0 Å². The lowest BCUT2D eigenvalue weighted by Crippen LogP contribution is -2.31. The molecule has 4 aromatic rings. The van der Waals surface area contributed by atoms with Gasteiger partial charge in [0, 0.05) is 36.8 Å². The van der Waals surface area contributed by atoms with Gasteiger partial charge in [-0.05, 0) is 43.7 Å². The Kier molecular flexibility index (Phi) is 3.40. The molecule has 1 saturated heterocycles. The molecule has 0 aliphatic carbocycles. The predicted octanol–water partition coefficient (Wildman–Crippen LogP) is 3.10. The highest BCUT2D eigenvalue weighted by atomic mass is 16.2. The Morgan fingerprint density at radius 2 is 2.19 bits per heavy atom. The number of fused-ring (bicyclic) bond motifs is 2. The van der Waals surface area contributed by atoms with Gasteiger partial charge in [0.15, 0.2) is 11.6 Å². The Bertz CT molecular complexity index is 1180. The molecule has 0 saturated carbocycles. The Morgan fingerprint density at radius 3 is 3.00 bits per heavy atom. The summed E-state index contributed by atoms with van der Waals surface area (Å²) in [6.07, 6.45) is 3.20. The molecule has 4 heterocycles. The highest BCUT2D eigenvalue weighted by Crippen LogP contribution is 2.33. The molecule has 1 unspecified atom stereocenters. The van der Waals surface area contributed by atoms with Crippen LogP contribution in [0, 0.1) is 0 Å². The van der Waals surface area contributed by atoms with Crippen molar-refractivity contribution in [2.45, 2.75) is 25.8 Å². The number of carbonyl (C=O) groups is 1. The molecule has 27 heavy (non-hydrogen) atoms. The Balaban J connectivity index is 1.54. The molecular formula is C19H19N7O. The monoisotopic (exact) mass is 361 g/mol. The van der Waals surface area contributed by atoms with Crippen molar-refractivity contribution in [3.05, 3.63) is 36.5 Å². The van der Waals surface area contributed by atoms with Crippen molar-refractivity contribution < 1.29 is 4.79 Å². The van der Waals surface area contributed by atoms with Crippen LogP contribution in [0.25, 0.3) is 21.9 Å². The molecule has 2 N–H and O–H groups in total. The fourth-order valence-electron chi connectivity index (χ4n) is 3.73. The number of hydrogen-bond donors (Lipinski definition) is 2. The van der Waals surface area contributed by atoms with E-state index in [1.165, 1.54) is 0 Å². The van der Waals surface area contributed by atoms with Gasteiger partial charge in [0.25, 0.3) is 0 Å². The van der Waals surface area contributed by atoms with Crippen LogP contribution in [0.2, 0.25) is 0 Å². The van der Waals surface area contributed by atoms with Gasteiger partial charge in [0.1, 0.15) is 5.52 Å². The van der Waals surface area contributed by atoms with E-state index in [9.17, 15) is 4.79 Å². The average molecular weight is 361 g/mol. The van der Waals surface area contributed by atoms with Crippen molar-refractivity contribution in [3.8, 4) is 0 Å². The summed E-state index contributed by atoms with van der Waals surface area (Å²) in [6, 6.07) is 9.97. The second-order valence-electron chi connectivity index (χ2n) is 6.93. The maximum absolute atomic E-state index is 12.3. The number of aryl methyl sites for hydroxylation is 1. The molecule has 1 fully saturated rings. The molecule has 1 atom stereocenters. The molecule has 136 valence electrons. The second kappa shape index (κ2) is 5.80. The van der Waals surface area contributed by atoms with E-state index in [0.29, 0.717) is 12.2 Å². The van der Waals surface area contributed by atoms with E-state index in [0.717, 1.165) is 39.9 Å². The molecule has 0 spiro atoms. The first-order chi connectivity index (χ1) is 13.1. The third kappa shape index (κ3) is 2.44. The van der Waals surface area contributed by atoms with Gasteiger partial charge >= 0.3 is 0 Å². The number of anilines is 3. The summed E-state index contributed by atoms with van der Waals surface area (Å²) in [7, 11) is 1.90. The summed E-state index contributed by atoms with van der Waals surface area (Å²) in [5.41, 5.74) is 3.51. The highest BCUT2D eigenvalue weighted by molar-refractivity contribution is 6.04. The molecule has 8 nitrogen and oxygen atoms in total. The maximum Gasteiger partial charge on any atom is 0.228 e. The van der Waals surface area contributed by atoms with Crippen molar-refractivity contribution in [3.63, 3.8) is 0 Å². The van der Waals surface area contributed by atoms with Gasteiger partial charge in [0.05, 0.1) is 11.0 Å². The zero-order valence-electron chi connectivity index (χ0n) is 15.1. The number of rotatable bonds is 3. The summed E-state index contributed by atoms with van der Waals surface area (Å²) in [4.78, 5) is 18.5. The number of nitrogens with zero attached hydrogens (tertiary/aromatic N) is 5. The standard InChI is InChI=1S/C19H19N7O/c1-11-5-8-16(27)26(11)19-13-7-6-12(10-15(13)25(2)24-19)21-18-17-14(22-23-18)4-3-9-20-17/h3-4,6-7,9-11H,5,8H2,1-2H3,(H2,21,22,23). The van der Waals surface area contributed by atoms with E-state index in [2.05, 4.69) is 32.5 Å². The number of aromatic amines is 1. The topological polar surface area (TPSA) is 91.7 Å². The predicted molar refractivity (Wildman–Crippen MR) is 104 cm³/mol. The normalized spacial score (nSPS) is 17.3. The molecule has 1 aliphatic heterocycles. The number of hydrogen-bond acceptors (Lipinski definition) is 5. The van der Waals surface area contributed by atoms with Crippen LogP contribution in [-0.4, -0.2) is 36.9 Å². The van der Waals surface area contributed by atoms with Crippen LogP contribution in [0.15, 0.2) is 36.5 Å². The first kappa shape index (κ1) is 15.8. The zero-order valence-corrected chi connectivity index (χ0v) is 15.1. The molecule has 1 aliphatic rings. The SMILES string of the molecule is CC1CCC(=O)N1c1nn(C)c2cc(Nc3n[nH]c4cccnc34)ccc12. The van der Waals surface area contributed by atoms with Crippen molar-refractivity contribution in [1.82, 2.24) is 25.0 Å². The van der Waals surface area contributed by atoms with Gasteiger partial charge < -0.3 is 5.32 Å². The summed E-state index contributed by atoms with van der Waals surface area (Å²) < 4.78 is 1.81. The highest BCUT2D eigenvalue weighted by Gasteiger charge is 2.32. The van der Waals surface area contributed by atoms with Gasteiger partial charge in [-0.1, -0.05) is 0 Å². The summed E-state index contributed by atoms with van der Waals surface area (Å²) >= 11 is 0. The van der Waals surface area contributed by atoms with E-state index >= 15 is 0 Å². The average Bonchev–Trinajstić information content (AvgIpc) is 3.32. The Hall–Kier alpha value is -3.42. The van der Waals surface area contributed by atoms with Crippen LogP contribution in [0.4, 0.5) is 17.3 Å². The van der Waals surface area contributed by atoms with Crippen LogP contribution >= 0.6 is 0 Å². The molecule has 1 amide bonds. The Morgan fingerprint density at radius 1 is 1.30 bits per heavy atom. The van der Waals surface area contributed by atoms with Gasteiger partial charge in [-0.3, -0.25) is 24.5 Å². The number of nitrogens with one attached hydrogen (secondary N) is 2. The lowest BCUT2D eigenvalue weighted by molar-refractivity contribution is -0.117. The number of amides is 1. The number of aromatic nitrogens is 5. The van der Waals surface area contributed by atoms with Crippen molar-refractivity contribution in [1.29, 1.82) is 0 Å². The van der Waals surface area contributed by atoms with Crippen molar-refractivity contribution in [2.24, 2.45) is 7.05 Å². The maximum atomic E-state index is 12.3. The number of benzene rings is 1. The number of pyridine rings is 1. The first-order valence-electron chi connectivity index (χ1n) is 8.97. The minimum Gasteiger partial charge on any atom is -0.337 e. The van der Waals surface area contributed by atoms with Gasteiger partial charge in [-0.25, -0.2) is 0 Å². The molecule has 5 rings (SSSR count). The van der Waals surface area contributed by atoms with Crippen LogP contribution < -0.4 is 10.2 Å². The fraction of sp³-hybridized carbons (Fsp3) is 0.263. The third-order valence-electron chi connectivity index (χ3n) is 5.13. The molecule has 8 heteroatoms. The number of H-pyrrole nitrogens is 1. The minimum absolute atomic E-state index is 0.138. The van der Waals surface area contributed by atoms with Crippen LogP contribution in [0.1, 0.15) is 19.8 Å². The van der Waals surface area contributed by atoms with Crippen LogP contribution in [-0.2, 0) is 11.8 Å². The van der Waals surface area contributed by atoms with E-state index < -0.39 is 0 Å². The summed E-state index contributed by atoms with van der Waals surface area (Å²) in [5, 5.41) is 16.2. The van der Waals surface area contributed by atoms with Crippen molar-refractivity contribution >= 4 is 45.2 Å². The third-order valence-corrected chi connectivity index (χ3v) is 5.13. The summed E-state index contributed by atoms with van der Waals surface area (Å²) in [5.74, 6) is 1.55. The quantitative estimate of drug-likeness (QED) is 0.585. The van der Waals surface area contributed by atoms with Gasteiger partial charge in [0.2, 0.25) is 5.91 Å². The van der Waals surface area contributed by atoms with Gasteiger partial charge in [-0.2, -0.15) is 10.2 Å². The Labute approximate surface area is 155 Å². The second-order valence-corrected chi connectivity index (χ2v) is 6.93. The molecular weight excluding hydrogens is 342 g/mol. The fourth-order valence-corrected chi connectivity index (χ4v) is 3.73. The lowest BCUT2D eigenvalue weighted by Gasteiger charge is -2.19. The summed E-state index contributed by atoms with van der Waals surface area (Å²) in [6.45, 7) is 2.07. The van der Waals surface area contributed by atoms with Crippen LogP contribution in [0.5, 0.6) is 0 Å². The van der Waals surface area contributed by atoms with E-state index in [1.807, 2.05) is 47.0 Å². The molecule has 0 bridgehead atoms. The molecule has 1 aromatic carbocycles. The zero-order chi connectivity index (χ0) is 18.5. The largest absolute Gasteiger partial charge is 0.337 e. The first-order valence-corrected chi connectivity index (χ1v) is 8.97. The smallest absolute Gasteiger partial charge is 0.228 e. The number of carbonyl (C=O) groups excluding carboxylic acids is 1.